The summed E-state index contributed by atoms with van der Waals surface area (Å²) in [6.45, 7) is 0. The van der Waals surface area contributed by atoms with Gasteiger partial charge in [-0.25, -0.2) is 15.0 Å². The molecule has 3 aromatic rings. The molecule has 0 saturated carbocycles. The highest BCUT2D eigenvalue weighted by Gasteiger charge is 2.30. The number of halogens is 3. The number of anilines is 1. The lowest BCUT2D eigenvalue weighted by Crippen LogP contribution is -2.14. The Balaban J connectivity index is 1.49. The minimum Gasteiger partial charge on any atom is -0.424 e. The van der Waals surface area contributed by atoms with Crippen molar-refractivity contribution in [2.24, 2.45) is 0 Å². The van der Waals surface area contributed by atoms with Gasteiger partial charge in [0.05, 0.1) is 16.3 Å². The number of pyridine rings is 1. The van der Waals surface area contributed by atoms with E-state index in [2.05, 4.69) is 20.3 Å². The molecule has 1 amide bonds. The van der Waals surface area contributed by atoms with Crippen LogP contribution >= 0.6 is 11.8 Å². The smallest absolute Gasteiger partial charge is 0.417 e. The number of alkyl halides is 3. The summed E-state index contributed by atoms with van der Waals surface area (Å²) in [5, 5.41) is 3.01. The quantitative estimate of drug-likeness (QED) is 0.611. The van der Waals surface area contributed by atoms with Crippen molar-refractivity contribution < 1.29 is 22.7 Å². The van der Waals surface area contributed by atoms with E-state index < -0.39 is 11.7 Å². The molecule has 0 bridgehead atoms. The summed E-state index contributed by atoms with van der Waals surface area (Å²) in [5.74, 6) is 0.202. The molecule has 10 heteroatoms. The molecule has 0 radical (unpaired) electrons. The molecule has 0 saturated heterocycles. The molecular formula is C18H13F3N4O2S. The Morgan fingerprint density at radius 2 is 1.75 bits per heavy atom. The van der Waals surface area contributed by atoms with Crippen molar-refractivity contribution in [2.75, 3.05) is 11.1 Å². The van der Waals surface area contributed by atoms with E-state index in [1.807, 2.05) is 0 Å². The Bertz CT molecular complexity index is 920. The van der Waals surface area contributed by atoms with E-state index in [0.29, 0.717) is 16.5 Å². The van der Waals surface area contributed by atoms with Crippen LogP contribution in [0.4, 0.5) is 18.9 Å². The molecule has 2 aromatic heterocycles. The monoisotopic (exact) mass is 406 g/mol. The third-order valence-corrected chi connectivity index (χ3v) is 4.25. The number of nitrogens with one attached hydrogen (secondary N) is 1. The lowest BCUT2D eigenvalue weighted by atomic mass is 10.3. The zero-order valence-electron chi connectivity index (χ0n) is 14.2. The second kappa shape index (κ2) is 8.70. The van der Waals surface area contributed by atoms with Gasteiger partial charge in [0, 0.05) is 24.3 Å². The van der Waals surface area contributed by atoms with E-state index in [1.54, 1.807) is 42.7 Å². The number of carbonyl (C=O) groups is 1. The van der Waals surface area contributed by atoms with Crippen LogP contribution in [-0.4, -0.2) is 26.6 Å². The summed E-state index contributed by atoms with van der Waals surface area (Å²) in [4.78, 5) is 23.6. The van der Waals surface area contributed by atoms with Gasteiger partial charge in [-0.1, -0.05) is 11.8 Å². The van der Waals surface area contributed by atoms with Crippen LogP contribution < -0.4 is 10.1 Å². The fourth-order valence-electron chi connectivity index (χ4n) is 2.02. The summed E-state index contributed by atoms with van der Waals surface area (Å²) in [7, 11) is 0. The first-order valence-corrected chi connectivity index (χ1v) is 8.89. The van der Waals surface area contributed by atoms with Crippen molar-refractivity contribution in [2.45, 2.75) is 11.2 Å². The summed E-state index contributed by atoms with van der Waals surface area (Å²) < 4.78 is 42.9. The molecule has 2 heterocycles. The molecule has 3 rings (SSSR count). The van der Waals surface area contributed by atoms with Gasteiger partial charge in [-0.2, -0.15) is 13.2 Å². The molecule has 0 aliphatic rings. The second-order valence-electron chi connectivity index (χ2n) is 5.38. The molecule has 0 unspecified atom stereocenters. The van der Waals surface area contributed by atoms with Crippen LogP contribution in [0.15, 0.2) is 66.1 Å². The van der Waals surface area contributed by atoms with Crippen molar-refractivity contribution in [3.8, 4) is 11.8 Å². The van der Waals surface area contributed by atoms with Crippen LogP contribution in [-0.2, 0) is 11.0 Å². The molecule has 144 valence electrons. The predicted octanol–water partition coefficient (Wildman–Crippen LogP) is 4.41. The van der Waals surface area contributed by atoms with E-state index >= 15 is 0 Å². The maximum atomic E-state index is 12.5. The molecule has 1 N–H and O–H groups in total. The third kappa shape index (κ3) is 5.68. The first-order chi connectivity index (χ1) is 13.4. The summed E-state index contributed by atoms with van der Waals surface area (Å²) in [6.07, 6.45) is -0.578. The van der Waals surface area contributed by atoms with Crippen molar-refractivity contribution in [1.29, 1.82) is 0 Å². The van der Waals surface area contributed by atoms with E-state index in [4.69, 9.17) is 4.74 Å². The van der Waals surface area contributed by atoms with Gasteiger partial charge in [0.15, 0.2) is 0 Å². The largest absolute Gasteiger partial charge is 0.424 e. The van der Waals surface area contributed by atoms with Gasteiger partial charge in [-0.05, 0) is 42.5 Å². The minimum absolute atomic E-state index is 0.00840. The Morgan fingerprint density at radius 1 is 1.04 bits per heavy atom. The first kappa shape index (κ1) is 19.6. The molecule has 0 atom stereocenters. The number of aromatic nitrogens is 3. The van der Waals surface area contributed by atoms with Gasteiger partial charge in [-0.15, -0.1) is 0 Å². The third-order valence-electron chi connectivity index (χ3n) is 3.30. The normalized spacial score (nSPS) is 11.1. The zero-order chi connectivity index (χ0) is 20.0. The average Bonchev–Trinajstić information content (AvgIpc) is 2.68. The van der Waals surface area contributed by atoms with E-state index in [-0.39, 0.29) is 17.7 Å². The number of amides is 1. The van der Waals surface area contributed by atoms with E-state index in [1.165, 1.54) is 6.07 Å². The van der Waals surface area contributed by atoms with Crippen molar-refractivity contribution in [3.63, 3.8) is 0 Å². The van der Waals surface area contributed by atoms with Crippen LogP contribution in [0.5, 0.6) is 11.8 Å². The lowest BCUT2D eigenvalue weighted by Gasteiger charge is -2.08. The number of carbonyl (C=O) groups excluding carboxylic acids is 1. The number of ether oxygens (including phenoxy) is 1. The highest BCUT2D eigenvalue weighted by molar-refractivity contribution is 7.99. The number of hydrogen-bond acceptors (Lipinski definition) is 6. The molecule has 0 fully saturated rings. The summed E-state index contributed by atoms with van der Waals surface area (Å²) >= 11 is 1.04. The van der Waals surface area contributed by atoms with Crippen LogP contribution in [0.1, 0.15) is 5.56 Å². The highest BCUT2D eigenvalue weighted by atomic mass is 32.2. The van der Waals surface area contributed by atoms with Gasteiger partial charge >= 0.3 is 12.2 Å². The first-order valence-electron chi connectivity index (χ1n) is 7.91. The predicted molar refractivity (Wildman–Crippen MR) is 97.1 cm³/mol. The molecule has 1 aromatic carbocycles. The maximum absolute atomic E-state index is 12.5. The molecule has 0 aliphatic carbocycles. The van der Waals surface area contributed by atoms with Crippen LogP contribution in [0.25, 0.3) is 0 Å². The Kier molecular flexibility index (Phi) is 6.09. The minimum atomic E-state index is -4.43. The Labute approximate surface area is 162 Å². The van der Waals surface area contributed by atoms with Gasteiger partial charge in [0.25, 0.3) is 0 Å². The van der Waals surface area contributed by atoms with Gasteiger partial charge in [0.1, 0.15) is 5.75 Å². The topological polar surface area (TPSA) is 77.0 Å². The molecule has 0 aliphatic heterocycles. The number of rotatable bonds is 6. The zero-order valence-corrected chi connectivity index (χ0v) is 15.0. The van der Waals surface area contributed by atoms with Crippen LogP contribution in [0, 0.1) is 0 Å². The second-order valence-corrected chi connectivity index (χ2v) is 6.37. The van der Waals surface area contributed by atoms with Crippen molar-refractivity contribution >= 4 is 23.4 Å². The van der Waals surface area contributed by atoms with Gasteiger partial charge < -0.3 is 10.1 Å². The molecule has 6 nitrogen and oxygen atoms in total. The van der Waals surface area contributed by atoms with Crippen LogP contribution in [0.3, 0.4) is 0 Å². The standard InChI is InChI=1S/C18H13F3N4O2S/c19-18(20,21)12-2-7-16(24-10-12)28-11-15(26)25-13-3-5-14(6-4-13)27-17-22-8-1-9-23-17/h1-10H,11H2,(H,25,26). The average molecular weight is 406 g/mol. The molecule has 28 heavy (non-hydrogen) atoms. The van der Waals surface area contributed by atoms with Gasteiger partial charge in [0.2, 0.25) is 5.91 Å². The number of nitrogens with zero attached hydrogens (tertiary/aromatic N) is 3. The maximum Gasteiger partial charge on any atom is 0.417 e. The number of hydrogen-bond donors (Lipinski definition) is 1. The highest BCUT2D eigenvalue weighted by Crippen LogP contribution is 2.29. The molecule has 0 spiro atoms. The summed E-state index contributed by atoms with van der Waals surface area (Å²) in [5.41, 5.74) is -0.281. The van der Waals surface area contributed by atoms with Crippen LogP contribution in [0.2, 0.25) is 0 Å². The van der Waals surface area contributed by atoms with Crippen molar-refractivity contribution in [1.82, 2.24) is 15.0 Å². The van der Waals surface area contributed by atoms with E-state index in [9.17, 15) is 18.0 Å². The molecular weight excluding hydrogens is 393 g/mol. The fraction of sp³-hybridized carbons (Fsp3) is 0.111. The number of thioether (sulfide) groups is 1. The fourth-order valence-corrected chi connectivity index (χ4v) is 2.66. The van der Waals surface area contributed by atoms with E-state index in [0.717, 1.165) is 24.0 Å². The van der Waals surface area contributed by atoms with Crippen molar-refractivity contribution in [3.05, 3.63) is 66.6 Å². The van der Waals surface area contributed by atoms with Gasteiger partial charge in [-0.3, -0.25) is 4.79 Å². The number of benzene rings is 1. The SMILES string of the molecule is O=C(CSc1ccc(C(F)(F)F)cn1)Nc1ccc(Oc2ncccn2)cc1. The Morgan fingerprint density at radius 3 is 2.36 bits per heavy atom. The summed E-state index contributed by atoms with van der Waals surface area (Å²) in [6, 6.07) is 10.6. The lowest BCUT2D eigenvalue weighted by molar-refractivity contribution is -0.137. The Hall–Kier alpha value is -3.14.